The summed E-state index contributed by atoms with van der Waals surface area (Å²) < 4.78 is 24.9. The molecule has 3 rings (SSSR count). The molecule has 0 radical (unpaired) electrons. The second kappa shape index (κ2) is 7.91. The van der Waals surface area contributed by atoms with Crippen molar-refractivity contribution in [2.24, 2.45) is 0 Å². The first-order chi connectivity index (χ1) is 12.8. The summed E-state index contributed by atoms with van der Waals surface area (Å²) in [5.74, 6) is 0.898. The Kier molecular flexibility index (Phi) is 5.59. The fraction of sp³-hybridized carbons (Fsp3) is 0.389. The molecule has 1 N–H and O–H groups in total. The van der Waals surface area contributed by atoms with E-state index >= 15 is 0 Å². The van der Waals surface area contributed by atoms with Crippen LogP contribution in [0.1, 0.15) is 11.3 Å². The fourth-order valence-electron chi connectivity index (χ4n) is 2.94. The third kappa shape index (κ3) is 5.40. The maximum atomic E-state index is 12.5. The zero-order valence-corrected chi connectivity index (χ0v) is 16.2. The molecule has 0 bridgehead atoms. The van der Waals surface area contributed by atoms with Crippen LogP contribution < -0.4 is 9.62 Å². The summed E-state index contributed by atoms with van der Waals surface area (Å²) >= 11 is 0. The van der Waals surface area contributed by atoms with Crippen LogP contribution in [0.2, 0.25) is 0 Å². The summed E-state index contributed by atoms with van der Waals surface area (Å²) in [7, 11) is -3.30. The molecule has 1 fully saturated rings. The lowest BCUT2D eigenvalue weighted by molar-refractivity contribution is -0.130. The quantitative estimate of drug-likeness (QED) is 0.821. The number of nitrogens with one attached hydrogen (secondary N) is 1. The van der Waals surface area contributed by atoms with Gasteiger partial charge in [-0.15, -0.1) is 5.10 Å². The molecule has 8 nitrogen and oxygen atoms in total. The van der Waals surface area contributed by atoms with Gasteiger partial charge in [0.2, 0.25) is 15.9 Å². The number of carbonyl (C=O) groups is 1. The summed E-state index contributed by atoms with van der Waals surface area (Å²) in [6.45, 7) is 4.63. The maximum Gasteiger partial charge on any atom is 0.229 e. The minimum Gasteiger partial charge on any atom is -0.352 e. The third-order valence-electron chi connectivity index (χ3n) is 4.35. The number of amides is 1. The van der Waals surface area contributed by atoms with Gasteiger partial charge in [0.25, 0.3) is 0 Å². The molecule has 1 amide bonds. The predicted octanol–water partition coefficient (Wildman–Crippen LogP) is 1.05. The lowest BCUT2D eigenvalue weighted by Crippen LogP contribution is -2.49. The number of hydrogen-bond acceptors (Lipinski definition) is 6. The van der Waals surface area contributed by atoms with Gasteiger partial charge >= 0.3 is 0 Å². The van der Waals surface area contributed by atoms with Crippen LogP contribution in [-0.2, 0) is 21.2 Å². The molecule has 0 unspecified atom stereocenters. The number of benzene rings is 1. The minimum absolute atomic E-state index is 0.0634. The van der Waals surface area contributed by atoms with Crippen molar-refractivity contribution in [2.75, 3.05) is 42.1 Å². The van der Waals surface area contributed by atoms with Crippen LogP contribution in [0.5, 0.6) is 0 Å². The van der Waals surface area contributed by atoms with E-state index in [1.54, 1.807) is 24.3 Å². The van der Waals surface area contributed by atoms with E-state index in [1.165, 1.54) is 0 Å². The number of aromatic nitrogens is 2. The van der Waals surface area contributed by atoms with Crippen LogP contribution in [0.15, 0.2) is 36.4 Å². The maximum absolute atomic E-state index is 12.5. The molecule has 27 heavy (non-hydrogen) atoms. The highest BCUT2D eigenvalue weighted by Gasteiger charge is 2.22. The van der Waals surface area contributed by atoms with E-state index in [2.05, 4.69) is 19.8 Å². The highest BCUT2D eigenvalue weighted by Crippen LogP contribution is 2.15. The van der Waals surface area contributed by atoms with Crippen LogP contribution in [0.3, 0.4) is 0 Å². The molecule has 0 atom stereocenters. The van der Waals surface area contributed by atoms with Crippen LogP contribution in [0.25, 0.3) is 0 Å². The second-order valence-electron chi connectivity index (χ2n) is 6.65. The number of rotatable bonds is 5. The van der Waals surface area contributed by atoms with Crippen LogP contribution in [-0.4, -0.2) is 61.9 Å². The van der Waals surface area contributed by atoms with E-state index in [0.717, 1.165) is 36.4 Å². The number of anilines is 2. The van der Waals surface area contributed by atoms with Crippen LogP contribution in [0, 0.1) is 6.92 Å². The Morgan fingerprint density at radius 1 is 1.04 bits per heavy atom. The number of carbonyl (C=O) groups excluding carboxylic acids is 1. The Morgan fingerprint density at radius 3 is 2.26 bits per heavy atom. The van der Waals surface area contributed by atoms with Gasteiger partial charge < -0.3 is 9.80 Å². The molecule has 0 spiro atoms. The van der Waals surface area contributed by atoms with Gasteiger partial charge in [0, 0.05) is 31.9 Å². The number of nitrogens with zero attached hydrogens (tertiary/aromatic N) is 4. The molecule has 1 aromatic heterocycles. The molecule has 144 valence electrons. The van der Waals surface area contributed by atoms with Gasteiger partial charge in [-0.05, 0) is 36.8 Å². The third-order valence-corrected chi connectivity index (χ3v) is 4.96. The first kappa shape index (κ1) is 19.1. The van der Waals surface area contributed by atoms with Crippen molar-refractivity contribution in [1.29, 1.82) is 0 Å². The largest absolute Gasteiger partial charge is 0.352 e. The van der Waals surface area contributed by atoms with Crippen molar-refractivity contribution in [3.63, 3.8) is 0 Å². The number of hydrogen-bond donors (Lipinski definition) is 1. The summed E-state index contributed by atoms with van der Waals surface area (Å²) in [6, 6.07) is 10.7. The Hall–Kier alpha value is -2.68. The SMILES string of the molecule is Cc1ccc(N2CCN(C(=O)Cc3ccc(NS(C)(=O)=O)cc3)CC2)nn1. The van der Waals surface area contributed by atoms with E-state index in [9.17, 15) is 13.2 Å². The minimum atomic E-state index is -3.30. The van der Waals surface area contributed by atoms with E-state index in [-0.39, 0.29) is 5.91 Å². The summed E-state index contributed by atoms with van der Waals surface area (Å²) in [5.41, 5.74) is 2.22. The van der Waals surface area contributed by atoms with Gasteiger partial charge in [-0.2, -0.15) is 5.10 Å². The smallest absolute Gasteiger partial charge is 0.229 e. The van der Waals surface area contributed by atoms with Gasteiger partial charge in [0.05, 0.1) is 18.4 Å². The first-order valence-electron chi connectivity index (χ1n) is 8.70. The molecule has 1 aliphatic rings. The number of sulfonamides is 1. The van der Waals surface area contributed by atoms with E-state index < -0.39 is 10.0 Å². The predicted molar refractivity (Wildman–Crippen MR) is 104 cm³/mol. The van der Waals surface area contributed by atoms with Crippen molar-refractivity contribution < 1.29 is 13.2 Å². The van der Waals surface area contributed by atoms with Crippen LogP contribution >= 0.6 is 0 Å². The molecule has 0 aliphatic carbocycles. The Morgan fingerprint density at radius 2 is 1.70 bits per heavy atom. The van der Waals surface area contributed by atoms with Crippen molar-refractivity contribution in [1.82, 2.24) is 15.1 Å². The standard InChI is InChI=1S/C18H23N5O3S/c1-14-3-8-17(20-19-14)22-9-11-23(12-10-22)18(24)13-15-4-6-16(7-5-15)21-27(2,25)26/h3-8,21H,9-13H2,1-2H3. The molecular weight excluding hydrogens is 366 g/mol. The van der Waals surface area contributed by atoms with Gasteiger partial charge in [0.15, 0.2) is 5.82 Å². The average molecular weight is 389 g/mol. The number of aryl methyl sites for hydroxylation is 1. The van der Waals surface area contributed by atoms with Gasteiger partial charge in [0.1, 0.15) is 0 Å². The lowest BCUT2D eigenvalue weighted by Gasteiger charge is -2.35. The molecule has 1 saturated heterocycles. The fourth-order valence-corrected chi connectivity index (χ4v) is 3.50. The summed E-state index contributed by atoms with van der Waals surface area (Å²) in [5, 5.41) is 8.28. The highest BCUT2D eigenvalue weighted by molar-refractivity contribution is 7.92. The first-order valence-corrected chi connectivity index (χ1v) is 10.6. The van der Waals surface area contributed by atoms with Crippen LogP contribution in [0.4, 0.5) is 11.5 Å². The van der Waals surface area contributed by atoms with Crippen molar-refractivity contribution in [3.8, 4) is 0 Å². The summed E-state index contributed by atoms with van der Waals surface area (Å²) in [4.78, 5) is 16.5. The zero-order valence-electron chi connectivity index (χ0n) is 15.4. The van der Waals surface area contributed by atoms with Gasteiger partial charge in [-0.3, -0.25) is 9.52 Å². The number of piperazine rings is 1. The molecular formula is C18H23N5O3S. The topological polar surface area (TPSA) is 95.5 Å². The molecule has 1 aromatic carbocycles. The monoisotopic (exact) mass is 389 g/mol. The molecule has 0 saturated carbocycles. The van der Waals surface area contributed by atoms with E-state index in [0.29, 0.717) is 25.2 Å². The molecule has 2 aromatic rings. The Labute approximate surface area is 159 Å². The highest BCUT2D eigenvalue weighted by atomic mass is 32.2. The van der Waals surface area contributed by atoms with E-state index in [4.69, 9.17) is 0 Å². The Balaban J connectivity index is 1.53. The Bertz CT molecular complexity index is 890. The second-order valence-corrected chi connectivity index (χ2v) is 8.40. The van der Waals surface area contributed by atoms with Crippen molar-refractivity contribution >= 4 is 27.4 Å². The normalized spacial score (nSPS) is 14.9. The average Bonchev–Trinajstić information content (AvgIpc) is 2.63. The van der Waals surface area contributed by atoms with Crippen molar-refractivity contribution in [3.05, 3.63) is 47.7 Å². The van der Waals surface area contributed by atoms with Gasteiger partial charge in [-0.25, -0.2) is 8.42 Å². The molecule has 2 heterocycles. The lowest BCUT2D eigenvalue weighted by atomic mass is 10.1. The van der Waals surface area contributed by atoms with Gasteiger partial charge in [-0.1, -0.05) is 12.1 Å². The van der Waals surface area contributed by atoms with E-state index in [1.807, 2.05) is 24.0 Å². The zero-order chi connectivity index (χ0) is 19.4. The van der Waals surface area contributed by atoms with Crippen molar-refractivity contribution in [2.45, 2.75) is 13.3 Å². The summed E-state index contributed by atoms with van der Waals surface area (Å²) in [6.07, 6.45) is 1.40. The molecule has 9 heteroatoms. The molecule has 1 aliphatic heterocycles.